The Balaban J connectivity index is 1.63. The SMILES string of the molecule is COc1cccc(C(=O)Nc2cccc(SC(C)C(=O)Nc3ccc(Cl)c(Cl)c3)c2)c1. The molecule has 0 aliphatic rings. The molecule has 31 heavy (non-hydrogen) atoms. The number of anilines is 2. The van der Waals surface area contributed by atoms with E-state index in [2.05, 4.69) is 10.6 Å². The number of rotatable bonds is 7. The molecule has 8 heteroatoms. The van der Waals surface area contributed by atoms with Crippen molar-refractivity contribution < 1.29 is 14.3 Å². The number of ether oxygens (including phenoxy) is 1. The highest BCUT2D eigenvalue weighted by Crippen LogP contribution is 2.28. The summed E-state index contributed by atoms with van der Waals surface area (Å²) in [5, 5.41) is 6.12. The van der Waals surface area contributed by atoms with Gasteiger partial charge in [-0.15, -0.1) is 11.8 Å². The minimum absolute atomic E-state index is 0.172. The summed E-state index contributed by atoms with van der Waals surface area (Å²) in [6.07, 6.45) is 0. The number of halogens is 2. The van der Waals surface area contributed by atoms with Gasteiger partial charge in [-0.05, 0) is 61.5 Å². The van der Waals surface area contributed by atoms with Crippen molar-refractivity contribution in [1.82, 2.24) is 0 Å². The number of carbonyl (C=O) groups excluding carboxylic acids is 2. The molecule has 1 unspecified atom stereocenters. The molecule has 0 aromatic heterocycles. The van der Waals surface area contributed by atoms with Gasteiger partial charge >= 0.3 is 0 Å². The van der Waals surface area contributed by atoms with E-state index in [9.17, 15) is 9.59 Å². The van der Waals surface area contributed by atoms with Crippen molar-refractivity contribution in [2.24, 2.45) is 0 Å². The van der Waals surface area contributed by atoms with E-state index in [1.54, 1.807) is 62.6 Å². The van der Waals surface area contributed by atoms with Crippen LogP contribution in [0.5, 0.6) is 5.75 Å². The molecule has 0 saturated carbocycles. The Hall–Kier alpha value is -2.67. The van der Waals surface area contributed by atoms with Crippen molar-refractivity contribution in [2.75, 3.05) is 17.7 Å². The van der Waals surface area contributed by atoms with Crippen LogP contribution in [0.1, 0.15) is 17.3 Å². The van der Waals surface area contributed by atoms with Gasteiger partial charge in [0.25, 0.3) is 5.91 Å². The standard InChI is InChI=1S/C23H20Cl2N2O3S/c1-14(22(28)26-17-9-10-20(24)21(25)13-17)31-19-8-4-6-16(12-19)27-23(29)15-5-3-7-18(11-15)30-2/h3-14H,1-2H3,(H,26,28)(H,27,29). The lowest BCUT2D eigenvalue weighted by molar-refractivity contribution is -0.115. The maximum Gasteiger partial charge on any atom is 0.255 e. The number of thioether (sulfide) groups is 1. The number of hydrogen-bond donors (Lipinski definition) is 2. The zero-order chi connectivity index (χ0) is 22.4. The summed E-state index contributed by atoms with van der Waals surface area (Å²) in [5.41, 5.74) is 1.70. The molecule has 5 nitrogen and oxygen atoms in total. The Morgan fingerprint density at radius 3 is 2.39 bits per heavy atom. The average Bonchev–Trinajstić information content (AvgIpc) is 2.76. The molecule has 160 valence electrons. The van der Waals surface area contributed by atoms with Crippen LogP contribution in [0.3, 0.4) is 0 Å². The van der Waals surface area contributed by atoms with Gasteiger partial charge < -0.3 is 15.4 Å². The molecule has 0 radical (unpaired) electrons. The summed E-state index contributed by atoms with van der Waals surface area (Å²) in [5.74, 6) is 0.194. The maximum absolute atomic E-state index is 12.5. The Morgan fingerprint density at radius 2 is 1.65 bits per heavy atom. The fourth-order valence-electron chi connectivity index (χ4n) is 2.69. The van der Waals surface area contributed by atoms with Gasteiger partial charge in [-0.2, -0.15) is 0 Å². The molecule has 0 bridgehead atoms. The molecular formula is C23H20Cl2N2O3S. The van der Waals surface area contributed by atoms with E-state index in [-0.39, 0.29) is 17.1 Å². The van der Waals surface area contributed by atoms with Crippen molar-refractivity contribution in [1.29, 1.82) is 0 Å². The maximum atomic E-state index is 12.5. The third-order valence-electron chi connectivity index (χ3n) is 4.29. The molecule has 0 spiro atoms. The lowest BCUT2D eigenvalue weighted by Gasteiger charge is -2.13. The fraction of sp³-hybridized carbons (Fsp3) is 0.130. The van der Waals surface area contributed by atoms with Gasteiger partial charge in [-0.3, -0.25) is 9.59 Å². The summed E-state index contributed by atoms with van der Waals surface area (Å²) in [4.78, 5) is 25.9. The van der Waals surface area contributed by atoms with Gasteiger partial charge in [0.2, 0.25) is 5.91 Å². The van der Waals surface area contributed by atoms with Crippen LogP contribution < -0.4 is 15.4 Å². The zero-order valence-corrected chi connectivity index (χ0v) is 19.1. The van der Waals surface area contributed by atoms with Crippen LogP contribution in [-0.4, -0.2) is 24.2 Å². The van der Waals surface area contributed by atoms with Crippen LogP contribution in [0.2, 0.25) is 10.0 Å². The Labute approximate surface area is 195 Å². The first-order valence-corrected chi connectivity index (χ1v) is 11.0. The number of nitrogens with one attached hydrogen (secondary N) is 2. The van der Waals surface area contributed by atoms with Crippen molar-refractivity contribution in [3.63, 3.8) is 0 Å². The molecule has 0 saturated heterocycles. The molecular weight excluding hydrogens is 455 g/mol. The van der Waals surface area contributed by atoms with Crippen molar-refractivity contribution in [2.45, 2.75) is 17.1 Å². The van der Waals surface area contributed by atoms with Crippen molar-refractivity contribution in [3.8, 4) is 5.75 Å². The summed E-state index contributed by atoms with van der Waals surface area (Å²) >= 11 is 13.3. The normalized spacial score (nSPS) is 11.5. The van der Waals surface area contributed by atoms with E-state index in [0.717, 1.165) is 4.90 Å². The van der Waals surface area contributed by atoms with Gasteiger partial charge in [-0.25, -0.2) is 0 Å². The average molecular weight is 475 g/mol. The molecule has 0 aliphatic carbocycles. The van der Waals surface area contributed by atoms with Crippen LogP contribution in [0, 0.1) is 0 Å². The molecule has 1 atom stereocenters. The molecule has 3 aromatic rings. The first kappa shape index (κ1) is 23.0. The molecule has 3 aromatic carbocycles. The largest absolute Gasteiger partial charge is 0.497 e. The first-order valence-electron chi connectivity index (χ1n) is 9.34. The minimum Gasteiger partial charge on any atom is -0.497 e. The van der Waals surface area contributed by atoms with Crippen LogP contribution in [0.15, 0.2) is 71.6 Å². The molecule has 2 amide bonds. The van der Waals surface area contributed by atoms with Crippen LogP contribution >= 0.6 is 35.0 Å². The predicted molar refractivity (Wildman–Crippen MR) is 128 cm³/mol. The van der Waals surface area contributed by atoms with Crippen molar-refractivity contribution in [3.05, 3.63) is 82.3 Å². The number of carbonyl (C=O) groups is 2. The van der Waals surface area contributed by atoms with Crippen LogP contribution in [0.25, 0.3) is 0 Å². The minimum atomic E-state index is -0.376. The lowest BCUT2D eigenvalue weighted by atomic mass is 10.2. The summed E-state index contributed by atoms with van der Waals surface area (Å²) in [7, 11) is 1.55. The van der Waals surface area contributed by atoms with E-state index in [1.807, 2.05) is 18.2 Å². The molecule has 2 N–H and O–H groups in total. The summed E-state index contributed by atoms with van der Waals surface area (Å²) in [6.45, 7) is 1.80. The molecule has 0 heterocycles. The highest BCUT2D eigenvalue weighted by atomic mass is 35.5. The monoisotopic (exact) mass is 474 g/mol. The number of amides is 2. The zero-order valence-electron chi connectivity index (χ0n) is 16.8. The fourth-order valence-corrected chi connectivity index (χ4v) is 3.91. The quantitative estimate of drug-likeness (QED) is 0.390. The smallest absolute Gasteiger partial charge is 0.255 e. The second-order valence-corrected chi connectivity index (χ2v) is 8.82. The summed E-state index contributed by atoms with van der Waals surface area (Å²) < 4.78 is 5.16. The van der Waals surface area contributed by atoms with E-state index in [1.165, 1.54) is 11.8 Å². The summed E-state index contributed by atoms with van der Waals surface area (Å²) in [6, 6.07) is 19.2. The molecule has 0 aliphatic heterocycles. The van der Waals surface area contributed by atoms with Gasteiger partial charge in [0.15, 0.2) is 0 Å². The van der Waals surface area contributed by atoms with Crippen LogP contribution in [0.4, 0.5) is 11.4 Å². The van der Waals surface area contributed by atoms with Gasteiger partial charge in [0.05, 0.1) is 22.4 Å². The number of methoxy groups -OCH3 is 1. The second-order valence-electron chi connectivity index (χ2n) is 6.59. The topological polar surface area (TPSA) is 67.4 Å². The van der Waals surface area contributed by atoms with E-state index in [4.69, 9.17) is 27.9 Å². The Morgan fingerprint density at radius 1 is 0.903 bits per heavy atom. The first-order chi connectivity index (χ1) is 14.9. The van der Waals surface area contributed by atoms with E-state index in [0.29, 0.717) is 32.7 Å². The van der Waals surface area contributed by atoms with Gasteiger partial charge in [0.1, 0.15) is 5.75 Å². The van der Waals surface area contributed by atoms with Crippen molar-refractivity contribution >= 4 is 58.2 Å². The van der Waals surface area contributed by atoms with Gasteiger partial charge in [0, 0.05) is 21.8 Å². The van der Waals surface area contributed by atoms with Crippen LogP contribution in [-0.2, 0) is 4.79 Å². The van der Waals surface area contributed by atoms with E-state index >= 15 is 0 Å². The number of benzene rings is 3. The lowest BCUT2D eigenvalue weighted by Crippen LogP contribution is -2.22. The predicted octanol–water partition coefficient (Wildman–Crippen LogP) is 6.37. The van der Waals surface area contributed by atoms with Gasteiger partial charge in [-0.1, -0.05) is 35.3 Å². The molecule has 3 rings (SSSR count). The second kappa shape index (κ2) is 10.6. The highest BCUT2D eigenvalue weighted by Gasteiger charge is 2.16. The third kappa shape index (κ3) is 6.40. The van der Waals surface area contributed by atoms with E-state index < -0.39 is 0 Å². The highest BCUT2D eigenvalue weighted by molar-refractivity contribution is 8.00. The molecule has 0 fully saturated rings. The number of hydrogen-bond acceptors (Lipinski definition) is 4. The Kier molecular flexibility index (Phi) is 7.85. The third-order valence-corrected chi connectivity index (χ3v) is 6.13. The Bertz CT molecular complexity index is 1110.